The summed E-state index contributed by atoms with van der Waals surface area (Å²) in [7, 11) is 0. The lowest BCUT2D eigenvalue weighted by molar-refractivity contribution is -0.140. The molecule has 0 fully saturated rings. The molecule has 116 valence electrons. The van der Waals surface area contributed by atoms with E-state index in [0.29, 0.717) is 0 Å². The number of aliphatic carboxylic acids is 1. The molecule has 1 N–H and O–H groups in total. The van der Waals surface area contributed by atoms with Crippen molar-refractivity contribution in [3.8, 4) is 0 Å². The van der Waals surface area contributed by atoms with Gasteiger partial charge < -0.3 is 9.67 Å². The molecular weight excluding hydrogens is 307 g/mol. The van der Waals surface area contributed by atoms with Gasteiger partial charge in [0.2, 0.25) is 0 Å². The van der Waals surface area contributed by atoms with Crippen molar-refractivity contribution >= 4 is 23.2 Å². The number of carbonyl (C=O) groups is 2. The second kappa shape index (κ2) is 6.23. The fraction of sp³-hybridized carbons (Fsp3) is 0.267. The third kappa shape index (κ3) is 2.99. The Hall–Kier alpha value is -2.28. The summed E-state index contributed by atoms with van der Waals surface area (Å²) in [5.74, 6) is -2.41. The Morgan fingerprint density at radius 1 is 1.32 bits per heavy atom. The van der Waals surface area contributed by atoms with E-state index in [4.69, 9.17) is 0 Å². The van der Waals surface area contributed by atoms with E-state index in [1.807, 2.05) is 6.92 Å². The van der Waals surface area contributed by atoms with Crippen molar-refractivity contribution in [2.45, 2.75) is 26.8 Å². The van der Waals surface area contributed by atoms with E-state index in [2.05, 4.69) is 4.99 Å². The number of amides is 1. The molecular formula is C15H15FN2O3S. The van der Waals surface area contributed by atoms with E-state index in [-0.39, 0.29) is 10.4 Å². The average molecular weight is 322 g/mol. The molecule has 0 radical (unpaired) electrons. The Kier molecular flexibility index (Phi) is 4.56. The van der Waals surface area contributed by atoms with Gasteiger partial charge in [0.05, 0.1) is 5.56 Å². The van der Waals surface area contributed by atoms with E-state index in [0.717, 1.165) is 10.6 Å². The molecule has 0 aliphatic rings. The molecule has 5 nitrogen and oxygen atoms in total. The Balaban J connectivity index is 2.58. The van der Waals surface area contributed by atoms with Crippen molar-refractivity contribution < 1.29 is 19.1 Å². The molecule has 1 aromatic carbocycles. The summed E-state index contributed by atoms with van der Waals surface area (Å²) in [4.78, 5) is 28.4. The van der Waals surface area contributed by atoms with E-state index in [9.17, 15) is 19.1 Å². The molecule has 1 amide bonds. The number of hydrogen-bond donors (Lipinski definition) is 1. The smallest absolute Gasteiger partial charge is 0.326 e. The van der Waals surface area contributed by atoms with E-state index >= 15 is 0 Å². The molecule has 0 saturated heterocycles. The van der Waals surface area contributed by atoms with Crippen LogP contribution in [0.25, 0.3) is 0 Å². The van der Waals surface area contributed by atoms with Crippen molar-refractivity contribution in [2.24, 2.45) is 4.99 Å². The molecule has 0 saturated carbocycles. The number of aromatic nitrogens is 1. The minimum absolute atomic E-state index is 0.138. The largest absolute Gasteiger partial charge is 0.480 e. The first-order valence-electron chi connectivity index (χ1n) is 6.58. The molecule has 0 aliphatic heterocycles. The normalized spacial score (nSPS) is 13.2. The van der Waals surface area contributed by atoms with Crippen molar-refractivity contribution in [3.63, 3.8) is 0 Å². The van der Waals surface area contributed by atoms with E-state index in [1.54, 1.807) is 13.0 Å². The zero-order valence-electron chi connectivity index (χ0n) is 12.3. The summed E-state index contributed by atoms with van der Waals surface area (Å²) in [5.41, 5.74) is 0.584. The van der Waals surface area contributed by atoms with Crippen LogP contribution in [-0.2, 0) is 4.79 Å². The van der Waals surface area contributed by atoms with Crippen molar-refractivity contribution in [2.75, 3.05) is 0 Å². The summed E-state index contributed by atoms with van der Waals surface area (Å²) in [6.45, 7) is 5.09. The van der Waals surface area contributed by atoms with Gasteiger partial charge in [0.1, 0.15) is 11.9 Å². The molecule has 22 heavy (non-hydrogen) atoms. The SMILES string of the molecule is Cc1sc(=NC(=O)c2ccccc2F)n(C(C)C(=O)O)c1C. The highest BCUT2D eigenvalue weighted by atomic mass is 32.1. The van der Waals surface area contributed by atoms with Crippen LogP contribution in [0.3, 0.4) is 0 Å². The Morgan fingerprint density at radius 3 is 2.55 bits per heavy atom. The highest BCUT2D eigenvalue weighted by Crippen LogP contribution is 2.16. The average Bonchev–Trinajstić information content (AvgIpc) is 2.73. The van der Waals surface area contributed by atoms with Crippen LogP contribution in [0.5, 0.6) is 0 Å². The van der Waals surface area contributed by atoms with Crippen LogP contribution in [0, 0.1) is 19.7 Å². The maximum atomic E-state index is 13.6. The van der Waals surface area contributed by atoms with Crippen LogP contribution < -0.4 is 4.80 Å². The van der Waals surface area contributed by atoms with E-state index in [1.165, 1.54) is 41.0 Å². The number of carboxylic acids is 1. The van der Waals surface area contributed by atoms with Gasteiger partial charge in [-0.3, -0.25) is 4.79 Å². The predicted molar refractivity (Wildman–Crippen MR) is 80.4 cm³/mol. The quantitative estimate of drug-likeness (QED) is 0.944. The number of rotatable bonds is 3. The number of benzene rings is 1. The number of nitrogens with zero attached hydrogens (tertiary/aromatic N) is 2. The lowest BCUT2D eigenvalue weighted by Gasteiger charge is -2.10. The molecule has 1 atom stereocenters. The third-order valence-corrected chi connectivity index (χ3v) is 4.44. The zero-order valence-corrected chi connectivity index (χ0v) is 13.1. The Labute approximate surface area is 130 Å². The van der Waals surface area contributed by atoms with Crippen LogP contribution in [0.2, 0.25) is 0 Å². The van der Waals surface area contributed by atoms with E-state index < -0.39 is 23.7 Å². The van der Waals surface area contributed by atoms with Crippen LogP contribution in [0.1, 0.15) is 33.9 Å². The fourth-order valence-electron chi connectivity index (χ4n) is 2.00. The Morgan fingerprint density at radius 2 is 1.95 bits per heavy atom. The van der Waals surface area contributed by atoms with Gasteiger partial charge >= 0.3 is 5.97 Å². The van der Waals surface area contributed by atoms with Gasteiger partial charge in [-0.05, 0) is 32.9 Å². The number of thiazole rings is 1. The zero-order chi connectivity index (χ0) is 16.4. The molecule has 7 heteroatoms. The van der Waals surface area contributed by atoms with Crippen LogP contribution in [0.15, 0.2) is 29.3 Å². The van der Waals surface area contributed by atoms with Gasteiger partial charge in [0, 0.05) is 10.6 Å². The highest BCUT2D eigenvalue weighted by molar-refractivity contribution is 7.09. The number of aryl methyl sites for hydroxylation is 1. The molecule has 0 aliphatic carbocycles. The first-order valence-corrected chi connectivity index (χ1v) is 7.39. The maximum absolute atomic E-state index is 13.6. The third-order valence-electron chi connectivity index (χ3n) is 3.37. The molecule has 0 bridgehead atoms. The standard InChI is InChI=1S/C15H15FN2O3S/c1-8-10(3)22-15(18(8)9(2)14(20)21)17-13(19)11-6-4-5-7-12(11)16/h4-7,9H,1-3H3,(H,20,21). The molecule has 2 rings (SSSR count). The lowest BCUT2D eigenvalue weighted by atomic mass is 10.2. The molecule has 0 spiro atoms. The Bertz CT molecular complexity index is 807. The maximum Gasteiger partial charge on any atom is 0.326 e. The topological polar surface area (TPSA) is 71.7 Å². The van der Waals surface area contributed by atoms with Crippen LogP contribution in [-0.4, -0.2) is 21.6 Å². The second-order valence-electron chi connectivity index (χ2n) is 4.81. The van der Waals surface area contributed by atoms with Gasteiger partial charge in [0.15, 0.2) is 4.80 Å². The summed E-state index contributed by atoms with van der Waals surface area (Å²) < 4.78 is 15.1. The molecule has 1 aromatic heterocycles. The summed E-state index contributed by atoms with van der Waals surface area (Å²) in [6, 6.07) is 4.70. The lowest BCUT2D eigenvalue weighted by Crippen LogP contribution is -2.27. The number of hydrogen-bond acceptors (Lipinski definition) is 3. The van der Waals surface area contributed by atoms with Gasteiger partial charge in [0.25, 0.3) is 5.91 Å². The molecule has 1 unspecified atom stereocenters. The summed E-state index contributed by atoms with van der Waals surface area (Å²) in [6.07, 6.45) is 0. The second-order valence-corrected chi connectivity index (χ2v) is 5.99. The van der Waals surface area contributed by atoms with Gasteiger partial charge in [-0.15, -0.1) is 11.3 Å². The fourth-order valence-corrected chi connectivity index (χ4v) is 3.04. The number of carboxylic acid groups (broad SMARTS) is 1. The highest BCUT2D eigenvalue weighted by Gasteiger charge is 2.19. The van der Waals surface area contributed by atoms with Gasteiger partial charge in [-0.1, -0.05) is 12.1 Å². The molecule has 2 aromatic rings. The van der Waals surface area contributed by atoms with Crippen LogP contribution >= 0.6 is 11.3 Å². The summed E-state index contributed by atoms with van der Waals surface area (Å²) in [5, 5.41) is 9.19. The number of carbonyl (C=O) groups excluding carboxylic acids is 1. The monoisotopic (exact) mass is 322 g/mol. The minimum Gasteiger partial charge on any atom is -0.480 e. The number of halogens is 1. The van der Waals surface area contributed by atoms with Crippen LogP contribution in [0.4, 0.5) is 4.39 Å². The predicted octanol–water partition coefficient (Wildman–Crippen LogP) is 2.69. The van der Waals surface area contributed by atoms with Gasteiger partial charge in [-0.2, -0.15) is 4.99 Å². The summed E-state index contributed by atoms with van der Waals surface area (Å²) >= 11 is 1.21. The minimum atomic E-state index is -1.03. The first kappa shape index (κ1) is 16.1. The van der Waals surface area contributed by atoms with Crippen molar-refractivity contribution in [1.29, 1.82) is 0 Å². The van der Waals surface area contributed by atoms with Crippen molar-refractivity contribution in [1.82, 2.24) is 4.57 Å². The molecule has 1 heterocycles. The van der Waals surface area contributed by atoms with Gasteiger partial charge in [-0.25, -0.2) is 9.18 Å². The first-order chi connectivity index (χ1) is 10.3. The van der Waals surface area contributed by atoms with Crippen molar-refractivity contribution in [3.05, 3.63) is 51.0 Å².